The van der Waals surface area contributed by atoms with Gasteiger partial charge in [-0.15, -0.1) is 0 Å². The number of hydrogen-bond acceptors (Lipinski definition) is 4. The lowest BCUT2D eigenvalue weighted by molar-refractivity contribution is 1.16. The monoisotopic (exact) mass is 388 g/mol. The number of benzene rings is 2. The fraction of sp³-hybridized carbons (Fsp3) is 0.0588. The van der Waals surface area contributed by atoms with Gasteiger partial charge in [-0.3, -0.25) is 0 Å². The predicted molar refractivity (Wildman–Crippen MR) is 98.9 cm³/mol. The van der Waals surface area contributed by atoms with Crippen molar-refractivity contribution in [3.05, 3.63) is 69.8 Å². The highest BCUT2D eigenvalue weighted by Gasteiger charge is 2.05. The molecule has 3 rings (SSSR count). The lowest BCUT2D eigenvalue weighted by Crippen LogP contribution is -2.01. The molecule has 0 radical (unpaired) electrons. The molecule has 0 aliphatic carbocycles. The highest BCUT2D eigenvalue weighted by atomic mass is 79.9. The summed E-state index contributed by atoms with van der Waals surface area (Å²) in [5.74, 6) is 1.19. The topological polar surface area (TPSA) is 49.8 Å². The Morgan fingerprint density at radius 3 is 2.61 bits per heavy atom. The number of halogens is 2. The predicted octanol–water partition coefficient (Wildman–Crippen LogP) is 5.69. The number of hydrogen-bond donors (Lipinski definition) is 2. The van der Waals surface area contributed by atoms with Crippen LogP contribution in [-0.2, 0) is 0 Å². The zero-order chi connectivity index (χ0) is 16.2. The van der Waals surface area contributed by atoms with Crippen molar-refractivity contribution in [3.63, 3.8) is 0 Å². The number of nitrogens with zero attached hydrogens (tertiary/aromatic N) is 2. The van der Waals surface area contributed by atoms with Gasteiger partial charge in [0, 0.05) is 16.4 Å². The van der Waals surface area contributed by atoms with Crippen LogP contribution in [0.5, 0.6) is 0 Å². The van der Waals surface area contributed by atoms with E-state index < -0.39 is 0 Å². The summed E-state index contributed by atoms with van der Waals surface area (Å²) >= 11 is 9.61. The van der Waals surface area contributed by atoms with Crippen molar-refractivity contribution in [2.75, 3.05) is 10.6 Å². The van der Waals surface area contributed by atoms with Gasteiger partial charge in [0.1, 0.15) is 5.82 Å². The summed E-state index contributed by atoms with van der Waals surface area (Å²) in [6, 6.07) is 15.3. The maximum atomic E-state index is 6.15. The minimum atomic E-state index is 0.521. The Hall–Kier alpha value is -2.11. The Morgan fingerprint density at radius 2 is 1.83 bits per heavy atom. The summed E-state index contributed by atoms with van der Waals surface area (Å²) in [5, 5.41) is 7.06. The first-order valence-electron chi connectivity index (χ1n) is 6.99. The second-order valence-electron chi connectivity index (χ2n) is 4.95. The lowest BCUT2D eigenvalue weighted by Gasteiger charge is -2.11. The largest absolute Gasteiger partial charge is 0.339 e. The maximum absolute atomic E-state index is 6.15. The van der Waals surface area contributed by atoms with E-state index in [1.54, 1.807) is 12.3 Å². The molecule has 0 aliphatic heterocycles. The smallest absolute Gasteiger partial charge is 0.229 e. The first-order valence-corrected chi connectivity index (χ1v) is 8.17. The first kappa shape index (κ1) is 15.8. The van der Waals surface area contributed by atoms with E-state index in [-0.39, 0.29) is 0 Å². The van der Waals surface area contributed by atoms with Crippen LogP contribution in [0.1, 0.15) is 5.56 Å². The molecule has 0 atom stereocenters. The van der Waals surface area contributed by atoms with Gasteiger partial charge in [-0.2, -0.15) is 4.98 Å². The summed E-state index contributed by atoms with van der Waals surface area (Å²) in [6.07, 6.45) is 1.70. The molecule has 3 aromatic rings. The molecule has 1 aromatic heterocycles. The SMILES string of the molecule is Cc1cc(Br)ccc1Nc1nccc(Nc2ccccc2Cl)n1. The van der Waals surface area contributed by atoms with E-state index in [0.717, 1.165) is 21.4 Å². The zero-order valence-corrected chi connectivity index (χ0v) is 14.7. The van der Waals surface area contributed by atoms with E-state index in [9.17, 15) is 0 Å². The molecular weight excluding hydrogens is 376 g/mol. The Kier molecular flexibility index (Phi) is 4.79. The van der Waals surface area contributed by atoms with Crippen LogP contribution in [0.15, 0.2) is 59.2 Å². The molecule has 0 saturated heterocycles. The summed E-state index contributed by atoms with van der Waals surface area (Å²) < 4.78 is 1.04. The highest BCUT2D eigenvalue weighted by molar-refractivity contribution is 9.10. The van der Waals surface area contributed by atoms with Crippen LogP contribution < -0.4 is 10.6 Å². The van der Waals surface area contributed by atoms with Crippen molar-refractivity contribution >= 4 is 50.7 Å². The Balaban J connectivity index is 1.81. The second kappa shape index (κ2) is 6.98. The summed E-state index contributed by atoms with van der Waals surface area (Å²) in [7, 11) is 0. The van der Waals surface area contributed by atoms with E-state index in [2.05, 4.69) is 36.5 Å². The minimum Gasteiger partial charge on any atom is -0.339 e. The van der Waals surface area contributed by atoms with Crippen molar-refractivity contribution in [2.24, 2.45) is 0 Å². The number of aryl methyl sites for hydroxylation is 1. The molecule has 0 unspecified atom stereocenters. The molecule has 116 valence electrons. The lowest BCUT2D eigenvalue weighted by atomic mass is 10.2. The van der Waals surface area contributed by atoms with Crippen LogP contribution >= 0.6 is 27.5 Å². The third kappa shape index (κ3) is 4.00. The third-order valence-corrected chi connectivity index (χ3v) is 4.05. The number of rotatable bonds is 4. The van der Waals surface area contributed by atoms with Crippen LogP contribution in [0, 0.1) is 6.92 Å². The van der Waals surface area contributed by atoms with Crippen molar-refractivity contribution in [1.82, 2.24) is 9.97 Å². The molecule has 1 heterocycles. The Bertz CT molecular complexity index is 838. The van der Waals surface area contributed by atoms with Gasteiger partial charge in [-0.05, 0) is 48.9 Å². The normalized spacial score (nSPS) is 10.4. The molecule has 0 saturated carbocycles. The minimum absolute atomic E-state index is 0.521. The van der Waals surface area contributed by atoms with E-state index in [1.165, 1.54) is 0 Å². The van der Waals surface area contributed by atoms with Crippen molar-refractivity contribution in [1.29, 1.82) is 0 Å². The van der Waals surface area contributed by atoms with Gasteiger partial charge in [0.15, 0.2) is 0 Å². The van der Waals surface area contributed by atoms with Gasteiger partial charge < -0.3 is 10.6 Å². The molecule has 2 aromatic carbocycles. The summed E-state index contributed by atoms with van der Waals surface area (Å²) in [4.78, 5) is 8.72. The zero-order valence-electron chi connectivity index (χ0n) is 12.3. The van der Waals surface area contributed by atoms with E-state index in [1.807, 2.05) is 49.4 Å². The van der Waals surface area contributed by atoms with Gasteiger partial charge in [0.25, 0.3) is 0 Å². The molecule has 0 amide bonds. The number of para-hydroxylation sites is 1. The molecule has 0 spiro atoms. The van der Waals surface area contributed by atoms with Crippen LogP contribution in [-0.4, -0.2) is 9.97 Å². The van der Waals surface area contributed by atoms with E-state index in [0.29, 0.717) is 16.8 Å². The fourth-order valence-corrected chi connectivity index (χ4v) is 2.74. The van der Waals surface area contributed by atoms with Crippen LogP contribution in [0.3, 0.4) is 0 Å². The molecule has 0 fully saturated rings. The number of anilines is 4. The average molecular weight is 390 g/mol. The van der Waals surface area contributed by atoms with Crippen LogP contribution in [0.4, 0.5) is 23.1 Å². The van der Waals surface area contributed by atoms with Crippen molar-refractivity contribution in [3.8, 4) is 0 Å². The fourth-order valence-electron chi connectivity index (χ4n) is 2.08. The standard InChI is InChI=1S/C17H14BrClN4/c1-11-10-12(18)6-7-14(11)22-17-20-9-8-16(23-17)21-15-5-3-2-4-13(15)19/h2-10H,1H3,(H2,20,21,22,23). The second-order valence-corrected chi connectivity index (χ2v) is 6.28. The summed E-state index contributed by atoms with van der Waals surface area (Å²) in [6.45, 7) is 2.03. The van der Waals surface area contributed by atoms with Crippen LogP contribution in [0.25, 0.3) is 0 Å². The number of aromatic nitrogens is 2. The molecule has 4 nitrogen and oxygen atoms in total. The van der Waals surface area contributed by atoms with Gasteiger partial charge >= 0.3 is 0 Å². The Morgan fingerprint density at radius 1 is 1.00 bits per heavy atom. The molecule has 6 heteroatoms. The highest BCUT2D eigenvalue weighted by Crippen LogP contribution is 2.25. The average Bonchev–Trinajstić information content (AvgIpc) is 2.53. The van der Waals surface area contributed by atoms with Crippen LogP contribution in [0.2, 0.25) is 5.02 Å². The molecule has 0 bridgehead atoms. The van der Waals surface area contributed by atoms with Gasteiger partial charge in [0.05, 0.1) is 10.7 Å². The molecule has 2 N–H and O–H groups in total. The quantitative estimate of drug-likeness (QED) is 0.602. The molecule has 23 heavy (non-hydrogen) atoms. The van der Waals surface area contributed by atoms with Gasteiger partial charge in [-0.1, -0.05) is 39.7 Å². The number of nitrogens with one attached hydrogen (secondary N) is 2. The molecule has 0 aliphatic rings. The van der Waals surface area contributed by atoms with Gasteiger partial charge in [0.2, 0.25) is 5.95 Å². The first-order chi connectivity index (χ1) is 11.1. The third-order valence-electron chi connectivity index (χ3n) is 3.23. The maximum Gasteiger partial charge on any atom is 0.229 e. The van der Waals surface area contributed by atoms with Gasteiger partial charge in [-0.25, -0.2) is 4.98 Å². The van der Waals surface area contributed by atoms with E-state index in [4.69, 9.17) is 11.6 Å². The Labute approximate surface area is 148 Å². The van der Waals surface area contributed by atoms with E-state index >= 15 is 0 Å². The molecular formula is C17H14BrClN4. The van der Waals surface area contributed by atoms with Crippen molar-refractivity contribution < 1.29 is 0 Å². The van der Waals surface area contributed by atoms with Crippen molar-refractivity contribution in [2.45, 2.75) is 6.92 Å². The summed E-state index contributed by atoms with van der Waals surface area (Å²) in [5.41, 5.74) is 2.87.